The van der Waals surface area contributed by atoms with Crippen molar-refractivity contribution >= 4 is 29.0 Å². The smallest absolute Gasteiger partial charge is 0.317 e. The molecule has 0 aromatic carbocycles. The number of carbonyl (C=O) groups is 1. The molecule has 2 amide bonds. The molecule has 2 aromatic heterocycles. The minimum Gasteiger partial charge on any atom is -0.371 e. The zero-order valence-electron chi connectivity index (χ0n) is 12.7. The molecule has 0 aliphatic carbocycles. The lowest BCUT2D eigenvalue weighted by molar-refractivity contribution is 0.0768. The number of hydrogen-bond acceptors (Lipinski definition) is 4. The molecule has 1 saturated heterocycles. The lowest BCUT2D eigenvalue weighted by atomic mass is 10.0. The van der Waals surface area contributed by atoms with Crippen LogP contribution in [0.3, 0.4) is 0 Å². The summed E-state index contributed by atoms with van der Waals surface area (Å²) in [7, 11) is 1.81. The average Bonchev–Trinajstić information content (AvgIpc) is 3.21. The fourth-order valence-corrected chi connectivity index (χ4v) is 3.75. The maximum Gasteiger partial charge on any atom is 0.317 e. The average molecular weight is 352 g/mol. The van der Waals surface area contributed by atoms with Crippen LogP contribution in [0.15, 0.2) is 36.7 Å². The Hall–Kier alpha value is -1.63. The molecule has 0 spiro atoms. The van der Waals surface area contributed by atoms with Gasteiger partial charge in [-0.1, -0.05) is 17.7 Å². The first-order chi connectivity index (χ1) is 11.1. The second-order valence-corrected chi connectivity index (χ2v) is 7.21. The molecule has 3 heterocycles. The number of amides is 2. The molecule has 5 nitrogen and oxygen atoms in total. The lowest BCUT2D eigenvalue weighted by Crippen LogP contribution is -2.44. The van der Waals surface area contributed by atoms with Crippen molar-refractivity contribution in [3.8, 4) is 0 Å². The highest BCUT2D eigenvalue weighted by Crippen LogP contribution is 2.31. The van der Waals surface area contributed by atoms with Crippen LogP contribution in [0.5, 0.6) is 0 Å². The summed E-state index contributed by atoms with van der Waals surface area (Å²) in [4.78, 5) is 19.3. The van der Waals surface area contributed by atoms with Gasteiger partial charge in [0.15, 0.2) is 0 Å². The van der Waals surface area contributed by atoms with Crippen molar-refractivity contribution in [3.05, 3.63) is 51.4 Å². The zero-order valence-corrected chi connectivity index (χ0v) is 14.3. The number of nitrogens with zero attached hydrogens (tertiary/aromatic N) is 2. The van der Waals surface area contributed by atoms with Crippen LogP contribution in [0, 0.1) is 0 Å². The summed E-state index contributed by atoms with van der Waals surface area (Å²) in [5, 5.41) is 2.93. The van der Waals surface area contributed by atoms with Crippen LogP contribution in [0.2, 0.25) is 4.34 Å². The second kappa shape index (κ2) is 7.29. The SMILES string of the molecule is CN(C(=O)NCc1ccc(Cl)s1)[C@H]1CCO[C@@H]1c1cccnc1. The Labute approximate surface area is 144 Å². The van der Waals surface area contributed by atoms with E-state index in [1.54, 1.807) is 24.3 Å². The largest absolute Gasteiger partial charge is 0.371 e. The van der Waals surface area contributed by atoms with E-state index in [4.69, 9.17) is 16.3 Å². The third-order valence-corrected chi connectivity index (χ3v) is 5.17. The highest BCUT2D eigenvalue weighted by atomic mass is 35.5. The van der Waals surface area contributed by atoms with Crippen molar-refractivity contribution < 1.29 is 9.53 Å². The van der Waals surface area contributed by atoms with E-state index in [0.29, 0.717) is 13.2 Å². The van der Waals surface area contributed by atoms with Crippen LogP contribution in [-0.4, -0.2) is 35.6 Å². The molecule has 1 aliphatic rings. The van der Waals surface area contributed by atoms with E-state index < -0.39 is 0 Å². The van der Waals surface area contributed by atoms with Gasteiger partial charge in [-0.2, -0.15) is 0 Å². The van der Waals surface area contributed by atoms with Gasteiger partial charge in [-0.15, -0.1) is 11.3 Å². The number of aromatic nitrogens is 1. The van der Waals surface area contributed by atoms with Gasteiger partial charge < -0.3 is 15.0 Å². The van der Waals surface area contributed by atoms with Gasteiger partial charge in [0.1, 0.15) is 6.10 Å². The fraction of sp³-hybridized carbons (Fsp3) is 0.375. The van der Waals surface area contributed by atoms with E-state index in [0.717, 1.165) is 21.2 Å². The van der Waals surface area contributed by atoms with E-state index in [1.165, 1.54) is 11.3 Å². The fourth-order valence-electron chi connectivity index (χ4n) is 2.72. The number of carbonyl (C=O) groups excluding carboxylic acids is 1. The number of rotatable bonds is 4. The van der Waals surface area contributed by atoms with Gasteiger partial charge in [0.2, 0.25) is 0 Å². The number of thiophene rings is 1. The van der Waals surface area contributed by atoms with E-state index >= 15 is 0 Å². The number of pyridine rings is 1. The van der Waals surface area contributed by atoms with E-state index in [1.807, 2.05) is 24.3 Å². The van der Waals surface area contributed by atoms with Crippen molar-refractivity contribution in [3.63, 3.8) is 0 Å². The standard InChI is InChI=1S/C16H18ClN3O2S/c1-20(16(21)19-10-12-4-5-14(17)23-12)13-6-8-22-15(13)11-3-2-7-18-9-11/h2-5,7,9,13,15H,6,8,10H2,1H3,(H,19,21)/t13-,15+/m0/s1. The maximum atomic E-state index is 12.4. The molecule has 1 aliphatic heterocycles. The molecular weight excluding hydrogens is 334 g/mol. The third kappa shape index (κ3) is 3.83. The molecule has 3 rings (SSSR count). The van der Waals surface area contributed by atoms with Crippen LogP contribution in [0.25, 0.3) is 0 Å². The normalized spacial score (nSPS) is 20.4. The summed E-state index contributed by atoms with van der Waals surface area (Å²) in [6.07, 6.45) is 4.21. The summed E-state index contributed by atoms with van der Waals surface area (Å²) >= 11 is 7.37. The van der Waals surface area contributed by atoms with Gasteiger partial charge in [0.25, 0.3) is 0 Å². The molecule has 0 bridgehead atoms. The monoisotopic (exact) mass is 351 g/mol. The third-order valence-electron chi connectivity index (χ3n) is 3.93. The maximum absolute atomic E-state index is 12.4. The van der Waals surface area contributed by atoms with Gasteiger partial charge in [-0.3, -0.25) is 4.98 Å². The van der Waals surface area contributed by atoms with Crippen molar-refractivity contribution in [1.82, 2.24) is 15.2 Å². The number of nitrogens with one attached hydrogen (secondary N) is 1. The van der Waals surface area contributed by atoms with Gasteiger partial charge >= 0.3 is 6.03 Å². The molecule has 0 radical (unpaired) electrons. The molecule has 23 heavy (non-hydrogen) atoms. The van der Waals surface area contributed by atoms with Gasteiger partial charge in [0.05, 0.1) is 16.9 Å². The summed E-state index contributed by atoms with van der Waals surface area (Å²) in [5.41, 5.74) is 1.000. The minimum absolute atomic E-state index is 0.00567. The Bertz CT molecular complexity index is 664. The zero-order chi connectivity index (χ0) is 16.2. The van der Waals surface area contributed by atoms with Gasteiger partial charge in [-0.25, -0.2) is 4.79 Å². The molecule has 2 aromatic rings. The van der Waals surface area contributed by atoms with E-state index in [2.05, 4.69) is 10.3 Å². The highest BCUT2D eigenvalue weighted by Gasteiger charge is 2.34. The number of likely N-dealkylation sites (N-methyl/N-ethyl adjacent to an activating group) is 1. The minimum atomic E-state index is -0.129. The van der Waals surface area contributed by atoms with Crippen LogP contribution in [0.4, 0.5) is 4.79 Å². The molecule has 7 heteroatoms. The number of ether oxygens (including phenoxy) is 1. The quantitative estimate of drug-likeness (QED) is 0.917. The summed E-state index contributed by atoms with van der Waals surface area (Å²) in [6.45, 7) is 1.12. The Morgan fingerprint density at radius 3 is 3.09 bits per heavy atom. The van der Waals surface area contributed by atoms with E-state index in [-0.39, 0.29) is 18.2 Å². The number of hydrogen-bond donors (Lipinski definition) is 1. The Balaban J connectivity index is 1.62. The van der Waals surface area contributed by atoms with Crippen LogP contribution in [-0.2, 0) is 11.3 Å². The Kier molecular flexibility index (Phi) is 5.15. The van der Waals surface area contributed by atoms with Gasteiger partial charge in [0, 0.05) is 36.5 Å². The van der Waals surface area contributed by atoms with Crippen molar-refractivity contribution in [1.29, 1.82) is 0 Å². The highest BCUT2D eigenvalue weighted by molar-refractivity contribution is 7.16. The van der Waals surface area contributed by atoms with Crippen molar-refractivity contribution in [2.45, 2.75) is 25.1 Å². The van der Waals surface area contributed by atoms with Crippen LogP contribution in [0.1, 0.15) is 23.0 Å². The summed E-state index contributed by atoms with van der Waals surface area (Å²) in [5.74, 6) is 0. The summed E-state index contributed by atoms with van der Waals surface area (Å²) < 4.78 is 6.54. The predicted molar refractivity (Wildman–Crippen MR) is 90.7 cm³/mol. The first-order valence-corrected chi connectivity index (χ1v) is 8.61. The van der Waals surface area contributed by atoms with Crippen LogP contribution < -0.4 is 5.32 Å². The molecule has 0 saturated carbocycles. The first-order valence-electron chi connectivity index (χ1n) is 7.41. The number of halogens is 1. The van der Waals surface area contributed by atoms with Crippen molar-refractivity contribution in [2.24, 2.45) is 0 Å². The van der Waals surface area contributed by atoms with Crippen molar-refractivity contribution in [2.75, 3.05) is 13.7 Å². The molecular formula is C16H18ClN3O2S. The first kappa shape index (κ1) is 16.2. The molecule has 2 atom stereocenters. The second-order valence-electron chi connectivity index (χ2n) is 5.41. The molecule has 1 fully saturated rings. The predicted octanol–water partition coefficient (Wildman–Crippen LogP) is 3.47. The lowest BCUT2D eigenvalue weighted by Gasteiger charge is -2.28. The molecule has 122 valence electrons. The molecule has 0 unspecified atom stereocenters. The number of urea groups is 1. The topological polar surface area (TPSA) is 54.5 Å². The van der Waals surface area contributed by atoms with E-state index in [9.17, 15) is 4.79 Å². The van der Waals surface area contributed by atoms with Gasteiger partial charge in [-0.05, 0) is 24.6 Å². The Morgan fingerprint density at radius 1 is 1.52 bits per heavy atom. The molecule has 1 N–H and O–H groups in total. The van der Waals surface area contributed by atoms with Crippen LogP contribution >= 0.6 is 22.9 Å². The Morgan fingerprint density at radius 2 is 2.39 bits per heavy atom. The summed E-state index contributed by atoms with van der Waals surface area (Å²) in [6, 6.07) is 7.51.